The van der Waals surface area contributed by atoms with E-state index in [1.54, 1.807) is 39.0 Å². The van der Waals surface area contributed by atoms with Gasteiger partial charge >= 0.3 is 0 Å². The Balaban J connectivity index is -0.000000126. The van der Waals surface area contributed by atoms with E-state index in [0.717, 1.165) is 26.2 Å². The van der Waals surface area contributed by atoms with Crippen LogP contribution in [0.4, 0.5) is 0 Å². The molecule has 0 amide bonds. The first-order valence-electron chi connectivity index (χ1n) is 11.7. The van der Waals surface area contributed by atoms with Crippen molar-refractivity contribution in [3.63, 3.8) is 0 Å². The van der Waals surface area contributed by atoms with Gasteiger partial charge in [0.2, 0.25) is 0 Å². The van der Waals surface area contributed by atoms with Gasteiger partial charge in [-0.25, -0.2) is 0 Å². The van der Waals surface area contributed by atoms with Crippen LogP contribution in [0.2, 0.25) is 0 Å². The summed E-state index contributed by atoms with van der Waals surface area (Å²) in [5.74, 6) is 4.59. The molecule has 4 heteroatoms. The Kier molecular flexibility index (Phi) is 46.3. The summed E-state index contributed by atoms with van der Waals surface area (Å²) in [5.41, 5.74) is 19.4. The highest BCUT2D eigenvalue weighted by Crippen LogP contribution is 2.43. The van der Waals surface area contributed by atoms with E-state index in [1.165, 1.54) is 50.4 Å². The normalized spacial score (nSPS) is 20.0. The summed E-state index contributed by atoms with van der Waals surface area (Å²) in [4.78, 5) is 0. The van der Waals surface area contributed by atoms with Crippen LogP contribution in [0.15, 0.2) is 0 Å². The Labute approximate surface area is 179 Å². The number of nitrogens with two attached hydrogens (primary N) is 4. The summed E-state index contributed by atoms with van der Waals surface area (Å²) < 4.78 is 0. The van der Waals surface area contributed by atoms with Gasteiger partial charge in [0, 0.05) is 0 Å². The molecule has 3 aliphatic carbocycles. The van der Waals surface area contributed by atoms with Crippen molar-refractivity contribution < 1.29 is 0 Å². The van der Waals surface area contributed by atoms with Gasteiger partial charge in [-0.15, -0.1) is 12.3 Å². The molecular weight excluding hydrogens is 344 g/mol. The minimum Gasteiger partial charge on any atom is -0.331 e. The van der Waals surface area contributed by atoms with Crippen LogP contribution in [-0.4, -0.2) is 26.2 Å². The molecule has 3 saturated carbocycles. The van der Waals surface area contributed by atoms with Crippen molar-refractivity contribution in [1.82, 2.24) is 0 Å². The van der Waals surface area contributed by atoms with Crippen LogP contribution >= 0.6 is 0 Å². The van der Waals surface area contributed by atoms with Gasteiger partial charge < -0.3 is 22.9 Å². The summed E-state index contributed by atoms with van der Waals surface area (Å²) in [7, 11) is 0. The highest BCUT2D eigenvalue weighted by Gasteiger charge is 2.30. The lowest BCUT2D eigenvalue weighted by Crippen LogP contribution is -1.90. The minimum absolute atomic E-state index is 0.750. The first-order valence-corrected chi connectivity index (χ1v) is 11.7. The van der Waals surface area contributed by atoms with Gasteiger partial charge in [0.25, 0.3) is 0 Å². The Morgan fingerprint density at radius 1 is 0.607 bits per heavy atom. The van der Waals surface area contributed by atoms with Gasteiger partial charge in [-0.1, -0.05) is 91.9 Å². The Morgan fingerprint density at radius 3 is 0.821 bits per heavy atom. The van der Waals surface area contributed by atoms with Crippen molar-refractivity contribution in [3.05, 3.63) is 0 Å². The lowest BCUT2D eigenvalue weighted by atomic mass is 10.0. The van der Waals surface area contributed by atoms with Crippen LogP contribution in [0.25, 0.3) is 0 Å². The third kappa shape index (κ3) is 40.2. The molecule has 0 aromatic heterocycles. The molecule has 8 N–H and O–H groups in total. The van der Waals surface area contributed by atoms with E-state index >= 15 is 0 Å². The quantitative estimate of drug-likeness (QED) is 0.428. The van der Waals surface area contributed by atoms with E-state index in [2.05, 4.69) is 12.3 Å². The maximum Gasteiger partial charge on any atom is -0.00297 e. The van der Waals surface area contributed by atoms with Crippen molar-refractivity contribution in [2.24, 2.45) is 34.8 Å². The Bertz CT molecular complexity index is 222. The maximum atomic E-state index is 4.85. The predicted octanol–water partition coefficient (Wildman–Crippen LogP) is 5.04. The molecule has 172 valence electrons. The second-order valence-corrected chi connectivity index (χ2v) is 7.17. The van der Waals surface area contributed by atoms with Gasteiger partial charge in [-0.2, -0.15) is 0 Å². The smallest absolute Gasteiger partial charge is 0.00297 e. The molecule has 0 aromatic carbocycles. The maximum absolute atomic E-state index is 4.85. The number of hydrogen-bond donors (Lipinski definition) is 4. The number of fused-ring (bicyclic) bond motifs is 2. The largest absolute Gasteiger partial charge is 0.331 e. The van der Waals surface area contributed by atoms with Crippen molar-refractivity contribution in [2.45, 2.75) is 105 Å². The summed E-state index contributed by atoms with van der Waals surface area (Å²) in [6.45, 7) is 12.3. The molecule has 0 heterocycles. The lowest BCUT2D eigenvalue weighted by Gasteiger charge is -2.05. The van der Waals surface area contributed by atoms with Crippen LogP contribution in [0.5, 0.6) is 0 Å². The molecule has 0 radical (unpaired) electrons. The molecule has 0 aliphatic heterocycles. The number of terminal acetylenes is 1. The van der Waals surface area contributed by atoms with Crippen LogP contribution in [-0.2, 0) is 0 Å². The SMILES string of the molecule is C#CC.C1CC2CCC1C2.C1CCCCC1.CCN.CCN.CCN.CCN. The minimum atomic E-state index is 0.750. The van der Waals surface area contributed by atoms with E-state index in [-0.39, 0.29) is 0 Å². The zero-order valence-electron chi connectivity index (χ0n) is 20.1. The first-order chi connectivity index (χ1) is 13.5. The zero-order chi connectivity index (χ0) is 22.5. The molecule has 0 atom stereocenters. The fraction of sp³-hybridized carbons (Fsp3) is 0.917. The van der Waals surface area contributed by atoms with E-state index in [0.29, 0.717) is 0 Å². The second kappa shape index (κ2) is 37.2. The van der Waals surface area contributed by atoms with Crippen LogP contribution in [0, 0.1) is 24.2 Å². The molecule has 3 rings (SSSR count). The molecule has 0 spiro atoms. The topological polar surface area (TPSA) is 104 Å². The predicted molar refractivity (Wildman–Crippen MR) is 131 cm³/mol. The second-order valence-electron chi connectivity index (χ2n) is 7.17. The third-order valence-electron chi connectivity index (χ3n) is 4.13. The van der Waals surface area contributed by atoms with Gasteiger partial charge in [-0.05, 0) is 51.4 Å². The fourth-order valence-corrected chi connectivity index (χ4v) is 3.23. The van der Waals surface area contributed by atoms with E-state index in [9.17, 15) is 0 Å². The van der Waals surface area contributed by atoms with Crippen LogP contribution in [0.1, 0.15) is 105 Å². The number of hydrogen-bond acceptors (Lipinski definition) is 4. The summed E-state index contributed by atoms with van der Waals surface area (Å²) in [6.07, 6.45) is 21.4. The Morgan fingerprint density at radius 2 is 0.750 bits per heavy atom. The molecule has 0 aromatic rings. The fourth-order valence-electron chi connectivity index (χ4n) is 3.23. The van der Waals surface area contributed by atoms with Crippen molar-refractivity contribution in [2.75, 3.05) is 26.2 Å². The van der Waals surface area contributed by atoms with E-state index < -0.39 is 0 Å². The molecule has 28 heavy (non-hydrogen) atoms. The number of rotatable bonds is 0. The molecule has 0 unspecified atom stereocenters. The van der Waals surface area contributed by atoms with Gasteiger partial charge in [0.1, 0.15) is 0 Å². The molecule has 3 fully saturated rings. The molecule has 3 aliphatic rings. The van der Waals surface area contributed by atoms with Crippen molar-refractivity contribution in [1.29, 1.82) is 0 Å². The first kappa shape index (κ1) is 34.9. The van der Waals surface area contributed by atoms with Gasteiger partial charge in [0.15, 0.2) is 0 Å². The van der Waals surface area contributed by atoms with E-state index in [4.69, 9.17) is 22.9 Å². The lowest BCUT2D eigenvalue weighted by molar-refractivity contribution is 0.480. The highest BCUT2D eigenvalue weighted by atomic mass is 14.5. The zero-order valence-corrected chi connectivity index (χ0v) is 20.1. The van der Waals surface area contributed by atoms with Crippen molar-refractivity contribution in [3.8, 4) is 12.3 Å². The van der Waals surface area contributed by atoms with Crippen molar-refractivity contribution >= 4 is 0 Å². The molecule has 2 bridgehead atoms. The monoisotopic (exact) mass is 400 g/mol. The summed E-state index contributed by atoms with van der Waals surface area (Å²) in [5, 5.41) is 0. The summed E-state index contributed by atoms with van der Waals surface area (Å²) in [6, 6.07) is 0. The Hall–Kier alpha value is -0.600. The van der Waals surface area contributed by atoms with Crippen LogP contribution in [0.3, 0.4) is 0 Å². The molecule has 0 saturated heterocycles. The average Bonchev–Trinajstić information content (AvgIpc) is 3.33. The third-order valence-corrected chi connectivity index (χ3v) is 4.13. The highest BCUT2D eigenvalue weighted by molar-refractivity contribution is 4.82. The molecular formula is C24H56N4. The standard InChI is InChI=1S/C7H12.C6H12.C3H4.4C2H7N/c1-2-7-4-3-6(1)5-7;1-2-4-6-5-3-1;1-3-2;4*1-2-3/h6-7H,1-5H2;1-6H2;1H,2H3;4*2-3H2,1H3. The van der Waals surface area contributed by atoms with Gasteiger partial charge in [0.05, 0.1) is 0 Å². The summed E-state index contributed by atoms with van der Waals surface area (Å²) >= 11 is 0. The molecule has 4 nitrogen and oxygen atoms in total. The average molecular weight is 401 g/mol. The van der Waals surface area contributed by atoms with Gasteiger partial charge in [-0.3, -0.25) is 0 Å². The van der Waals surface area contributed by atoms with Crippen LogP contribution < -0.4 is 22.9 Å². The van der Waals surface area contributed by atoms with E-state index in [1.807, 2.05) is 27.7 Å².